The maximum absolute atomic E-state index is 11.3. The van der Waals surface area contributed by atoms with Gasteiger partial charge in [0.25, 0.3) is 0 Å². The van der Waals surface area contributed by atoms with Crippen LogP contribution in [0.15, 0.2) is 24.3 Å². The highest BCUT2D eigenvalue weighted by molar-refractivity contribution is 7.90. The van der Waals surface area contributed by atoms with Crippen LogP contribution in [0.25, 0.3) is 0 Å². The fourth-order valence-electron chi connectivity index (χ4n) is 1.93. The second kappa shape index (κ2) is 7.88. The highest BCUT2D eigenvalue weighted by Gasteiger charge is 2.14. The standard InChI is InChI=1S/C14H22ClNO2S/c1-3-9-16-11-13(8-10-19(2,17)18)12-4-6-14(15)7-5-12/h4-7,13,16H,3,8-11H2,1-2H3. The molecule has 0 bridgehead atoms. The molecule has 1 aromatic rings. The molecule has 0 heterocycles. The Hall–Kier alpha value is -0.580. The third kappa shape index (κ3) is 6.95. The summed E-state index contributed by atoms with van der Waals surface area (Å²) >= 11 is 5.88. The topological polar surface area (TPSA) is 46.2 Å². The molecule has 0 aliphatic rings. The van der Waals surface area contributed by atoms with E-state index >= 15 is 0 Å². The molecule has 5 heteroatoms. The SMILES string of the molecule is CCCNCC(CCS(C)(=O)=O)c1ccc(Cl)cc1. The Morgan fingerprint density at radius 2 is 1.89 bits per heavy atom. The van der Waals surface area contributed by atoms with Crippen LogP contribution in [0.3, 0.4) is 0 Å². The molecule has 0 radical (unpaired) electrons. The lowest BCUT2D eigenvalue weighted by molar-refractivity contribution is 0.556. The van der Waals surface area contributed by atoms with E-state index in [0.29, 0.717) is 11.4 Å². The van der Waals surface area contributed by atoms with Gasteiger partial charge in [-0.05, 0) is 43.0 Å². The maximum atomic E-state index is 11.3. The van der Waals surface area contributed by atoms with E-state index in [9.17, 15) is 8.42 Å². The Morgan fingerprint density at radius 3 is 2.42 bits per heavy atom. The average molecular weight is 304 g/mol. The summed E-state index contributed by atoms with van der Waals surface area (Å²) in [5.41, 5.74) is 1.14. The largest absolute Gasteiger partial charge is 0.316 e. The van der Waals surface area contributed by atoms with Crippen LogP contribution >= 0.6 is 11.6 Å². The van der Waals surface area contributed by atoms with E-state index in [2.05, 4.69) is 12.2 Å². The van der Waals surface area contributed by atoms with Crippen LogP contribution in [0.1, 0.15) is 31.2 Å². The van der Waals surface area contributed by atoms with E-state index < -0.39 is 9.84 Å². The van der Waals surface area contributed by atoms with Gasteiger partial charge in [-0.2, -0.15) is 0 Å². The van der Waals surface area contributed by atoms with Crippen molar-refractivity contribution in [3.8, 4) is 0 Å². The van der Waals surface area contributed by atoms with Crippen molar-refractivity contribution in [1.82, 2.24) is 5.32 Å². The number of halogens is 1. The van der Waals surface area contributed by atoms with Gasteiger partial charge in [0.15, 0.2) is 0 Å². The van der Waals surface area contributed by atoms with Crippen molar-refractivity contribution in [3.05, 3.63) is 34.9 Å². The van der Waals surface area contributed by atoms with Crippen molar-refractivity contribution in [2.24, 2.45) is 0 Å². The molecular formula is C14H22ClNO2S. The minimum atomic E-state index is -2.92. The summed E-state index contributed by atoms with van der Waals surface area (Å²) in [5, 5.41) is 4.06. The zero-order valence-corrected chi connectivity index (χ0v) is 13.1. The summed E-state index contributed by atoms with van der Waals surface area (Å²) in [4.78, 5) is 0. The van der Waals surface area contributed by atoms with Crippen LogP contribution < -0.4 is 5.32 Å². The summed E-state index contributed by atoms with van der Waals surface area (Å²) in [6.07, 6.45) is 2.99. The Bertz CT molecular complexity index is 471. The molecule has 0 aromatic heterocycles. The Morgan fingerprint density at radius 1 is 1.26 bits per heavy atom. The molecule has 108 valence electrons. The number of rotatable bonds is 8. The number of hydrogen-bond acceptors (Lipinski definition) is 3. The van der Waals surface area contributed by atoms with Crippen LogP contribution in [-0.4, -0.2) is 33.5 Å². The van der Waals surface area contributed by atoms with Crippen LogP contribution in [0.5, 0.6) is 0 Å². The van der Waals surface area contributed by atoms with Gasteiger partial charge in [0.1, 0.15) is 9.84 Å². The monoisotopic (exact) mass is 303 g/mol. The molecule has 0 fully saturated rings. The van der Waals surface area contributed by atoms with Gasteiger partial charge in [0, 0.05) is 17.8 Å². The molecule has 0 spiro atoms. The molecule has 0 aliphatic heterocycles. The summed E-state index contributed by atoms with van der Waals surface area (Å²) in [7, 11) is -2.92. The van der Waals surface area contributed by atoms with Gasteiger partial charge in [-0.25, -0.2) is 8.42 Å². The second-order valence-electron chi connectivity index (χ2n) is 4.87. The molecule has 3 nitrogen and oxygen atoms in total. The molecule has 1 aromatic carbocycles. The van der Waals surface area contributed by atoms with Crippen molar-refractivity contribution in [3.63, 3.8) is 0 Å². The molecule has 1 N–H and O–H groups in total. The Labute approximate surface area is 121 Å². The summed E-state index contributed by atoms with van der Waals surface area (Å²) in [5.74, 6) is 0.423. The highest BCUT2D eigenvalue weighted by atomic mass is 35.5. The third-order valence-electron chi connectivity index (χ3n) is 3.00. The molecule has 1 atom stereocenters. The van der Waals surface area contributed by atoms with E-state index in [1.165, 1.54) is 6.26 Å². The zero-order valence-electron chi connectivity index (χ0n) is 11.5. The molecule has 1 unspecified atom stereocenters. The number of hydrogen-bond donors (Lipinski definition) is 1. The van der Waals surface area contributed by atoms with Crippen LogP contribution in [-0.2, 0) is 9.84 Å². The first-order chi connectivity index (χ1) is 8.92. The fourth-order valence-corrected chi connectivity index (χ4v) is 2.77. The van der Waals surface area contributed by atoms with Gasteiger partial charge in [-0.1, -0.05) is 30.7 Å². The zero-order chi connectivity index (χ0) is 14.3. The van der Waals surface area contributed by atoms with Gasteiger partial charge in [-0.15, -0.1) is 0 Å². The van der Waals surface area contributed by atoms with Crippen LogP contribution in [0, 0.1) is 0 Å². The summed E-state index contributed by atoms with van der Waals surface area (Å²) in [6.45, 7) is 3.86. The summed E-state index contributed by atoms with van der Waals surface area (Å²) < 4.78 is 22.6. The van der Waals surface area contributed by atoms with E-state index in [4.69, 9.17) is 11.6 Å². The Kier molecular flexibility index (Phi) is 6.83. The van der Waals surface area contributed by atoms with Crippen molar-refractivity contribution in [2.75, 3.05) is 25.1 Å². The Balaban J connectivity index is 2.70. The van der Waals surface area contributed by atoms with Crippen molar-refractivity contribution in [2.45, 2.75) is 25.7 Å². The quantitative estimate of drug-likeness (QED) is 0.751. The molecule has 0 saturated heterocycles. The highest BCUT2D eigenvalue weighted by Crippen LogP contribution is 2.21. The second-order valence-corrected chi connectivity index (χ2v) is 7.57. The van der Waals surface area contributed by atoms with Gasteiger partial charge in [0.05, 0.1) is 5.75 Å². The predicted octanol–water partition coefficient (Wildman–Crippen LogP) is 2.86. The first-order valence-corrected chi connectivity index (χ1v) is 9.00. The molecule has 0 amide bonds. The van der Waals surface area contributed by atoms with Crippen LogP contribution in [0.2, 0.25) is 5.02 Å². The van der Waals surface area contributed by atoms with Gasteiger partial charge < -0.3 is 5.32 Å². The lowest BCUT2D eigenvalue weighted by Crippen LogP contribution is -2.24. The van der Waals surface area contributed by atoms with Gasteiger partial charge in [-0.3, -0.25) is 0 Å². The van der Waals surface area contributed by atoms with Gasteiger partial charge >= 0.3 is 0 Å². The molecule has 0 saturated carbocycles. The number of benzene rings is 1. The minimum absolute atomic E-state index is 0.207. The first kappa shape index (κ1) is 16.5. The lowest BCUT2D eigenvalue weighted by atomic mass is 9.96. The maximum Gasteiger partial charge on any atom is 0.147 e. The van der Waals surface area contributed by atoms with E-state index in [1.807, 2.05) is 24.3 Å². The fraction of sp³-hybridized carbons (Fsp3) is 0.571. The van der Waals surface area contributed by atoms with Crippen LogP contribution in [0.4, 0.5) is 0 Å². The number of nitrogens with one attached hydrogen (secondary N) is 1. The average Bonchev–Trinajstić information content (AvgIpc) is 2.34. The predicted molar refractivity (Wildman–Crippen MR) is 81.7 cm³/mol. The van der Waals surface area contributed by atoms with Crippen molar-refractivity contribution >= 4 is 21.4 Å². The van der Waals surface area contributed by atoms with E-state index in [0.717, 1.165) is 25.1 Å². The smallest absolute Gasteiger partial charge is 0.147 e. The molecular weight excluding hydrogens is 282 g/mol. The molecule has 1 rings (SSSR count). The van der Waals surface area contributed by atoms with Crippen molar-refractivity contribution < 1.29 is 8.42 Å². The first-order valence-electron chi connectivity index (χ1n) is 6.56. The third-order valence-corrected chi connectivity index (χ3v) is 4.23. The molecule has 0 aliphatic carbocycles. The number of sulfone groups is 1. The van der Waals surface area contributed by atoms with Gasteiger partial charge in [0.2, 0.25) is 0 Å². The van der Waals surface area contributed by atoms with Crippen molar-refractivity contribution in [1.29, 1.82) is 0 Å². The lowest BCUT2D eigenvalue weighted by Gasteiger charge is -2.18. The normalized spacial score (nSPS) is 13.4. The van der Waals surface area contributed by atoms with E-state index in [1.54, 1.807) is 0 Å². The minimum Gasteiger partial charge on any atom is -0.316 e. The van der Waals surface area contributed by atoms with E-state index in [-0.39, 0.29) is 11.7 Å². The molecule has 19 heavy (non-hydrogen) atoms. The summed E-state index contributed by atoms with van der Waals surface area (Å²) in [6, 6.07) is 7.65.